The smallest absolute Gasteiger partial charge is 0.128 e. The molecule has 0 aliphatic rings. The molecule has 2 N–H and O–H groups in total. The molecule has 0 atom stereocenters. The van der Waals surface area contributed by atoms with Crippen molar-refractivity contribution < 1.29 is 31.3 Å². The first-order valence-corrected chi connectivity index (χ1v) is 9.61. The van der Waals surface area contributed by atoms with E-state index in [0.717, 1.165) is 41.6 Å². The number of aromatic hydroxyl groups is 2. The standard InChI is InChI=1S/C20H12N2O2S2.Pt/c23-13-7-3-1-5-11(13)19-21-17-15(25-19)9-10-16-18(17)22-20(26-16)12-6-2-4-8-14(12)24;/h1-10,23-24H;. The molecule has 4 nitrogen and oxygen atoms in total. The first-order chi connectivity index (χ1) is 12.7. The van der Waals surface area contributed by atoms with Crippen molar-refractivity contribution in [3.8, 4) is 32.6 Å². The Labute approximate surface area is 177 Å². The summed E-state index contributed by atoms with van der Waals surface area (Å²) in [6, 6.07) is 18.5. The monoisotopic (exact) mass is 571 g/mol. The van der Waals surface area contributed by atoms with Crippen LogP contribution in [0.25, 0.3) is 41.6 Å². The van der Waals surface area contributed by atoms with Crippen molar-refractivity contribution in [2.45, 2.75) is 0 Å². The van der Waals surface area contributed by atoms with E-state index in [1.807, 2.05) is 36.4 Å². The van der Waals surface area contributed by atoms with Gasteiger partial charge in [-0.25, -0.2) is 9.97 Å². The number of phenols is 2. The van der Waals surface area contributed by atoms with Crippen molar-refractivity contribution in [1.82, 2.24) is 9.97 Å². The van der Waals surface area contributed by atoms with Gasteiger partial charge in [0.25, 0.3) is 0 Å². The van der Waals surface area contributed by atoms with Gasteiger partial charge in [-0.15, -0.1) is 22.7 Å². The first kappa shape index (κ1) is 18.1. The Morgan fingerprint density at radius 2 is 1.00 bits per heavy atom. The number of para-hydroxylation sites is 2. The van der Waals surface area contributed by atoms with Gasteiger partial charge in [0.05, 0.1) is 20.5 Å². The third-order valence-electron chi connectivity index (χ3n) is 4.19. The van der Waals surface area contributed by atoms with E-state index in [2.05, 4.69) is 0 Å². The quantitative estimate of drug-likeness (QED) is 0.288. The van der Waals surface area contributed by atoms with Crippen LogP contribution < -0.4 is 0 Å². The molecular weight excluding hydrogens is 559 g/mol. The summed E-state index contributed by atoms with van der Waals surface area (Å²) in [6.07, 6.45) is 0. The van der Waals surface area contributed by atoms with Gasteiger partial charge >= 0.3 is 0 Å². The van der Waals surface area contributed by atoms with Crippen molar-refractivity contribution >= 4 is 43.1 Å². The molecule has 0 saturated carbocycles. The minimum absolute atomic E-state index is 0. The van der Waals surface area contributed by atoms with Crippen LogP contribution in [0.4, 0.5) is 0 Å². The number of phenolic OH excluding ortho intramolecular Hbond substituents is 2. The Balaban J connectivity index is 0.00000180. The van der Waals surface area contributed by atoms with Gasteiger partial charge in [-0.3, -0.25) is 0 Å². The van der Waals surface area contributed by atoms with E-state index in [1.54, 1.807) is 24.3 Å². The molecule has 5 rings (SSSR count). The van der Waals surface area contributed by atoms with Gasteiger partial charge in [0, 0.05) is 21.1 Å². The Bertz CT molecular complexity index is 1180. The van der Waals surface area contributed by atoms with E-state index in [9.17, 15) is 10.2 Å². The Morgan fingerprint density at radius 1 is 0.593 bits per heavy atom. The summed E-state index contributed by atoms with van der Waals surface area (Å²) in [7, 11) is 0. The van der Waals surface area contributed by atoms with Crippen LogP contribution in [0, 0.1) is 0 Å². The fourth-order valence-corrected chi connectivity index (χ4v) is 4.93. The average Bonchev–Trinajstić information content (AvgIpc) is 3.26. The summed E-state index contributed by atoms with van der Waals surface area (Å²) >= 11 is 3.06. The molecule has 5 aromatic rings. The number of hydrogen-bond acceptors (Lipinski definition) is 6. The Morgan fingerprint density at radius 3 is 1.41 bits per heavy atom. The molecule has 27 heavy (non-hydrogen) atoms. The van der Waals surface area contributed by atoms with E-state index < -0.39 is 0 Å². The molecule has 0 radical (unpaired) electrons. The maximum absolute atomic E-state index is 10.1. The summed E-state index contributed by atoms with van der Waals surface area (Å²) in [5.41, 5.74) is 3.09. The summed E-state index contributed by atoms with van der Waals surface area (Å²) < 4.78 is 2.04. The van der Waals surface area contributed by atoms with Crippen LogP contribution in [0.3, 0.4) is 0 Å². The maximum atomic E-state index is 10.1. The second-order valence-electron chi connectivity index (χ2n) is 5.83. The molecule has 0 unspecified atom stereocenters. The van der Waals surface area contributed by atoms with Crippen LogP contribution in [0.15, 0.2) is 60.7 Å². The van der Waals surface area contributed by atoms with Gasteiger partial charge in [-0.05, 0) is 36.4 Å². The number of benzene rings is 3. The molecule has 7 heteroatoms. The number of fused-ring (bicyclic) bond motifs is 3. The third-order valence-corrected chi connectivity index (χ3v) is 6.29. The Kier molecular flexibility index (Phi) is 4.72. The van der Waals surface area contributed by atoms with Crippen LogP contribution >= 0.6 is 22.7 Å². The van der Waals surface area contributed by atoms with Crippen molar-refractivity contribution in [1.29, 1.82) is 0 Å². The third kappa shape index (κ3) is 3.04. The fourth-order valence-electron chi connectivity index (χ4n) is 2.92. The number of hydrogen-bond donors (Lipinski definition) is 2. The number of aromatic nitrogens is 2. The van der Waals surface area contributed by atoms with Gasteiger partial charge in [0.15, 0.2) is 0 Å². The van der Waals surface area contributed by atoms with Crippen molar-refractivity contribution in [2.24, 2.45) is 0 Å². The van der Waals surface area contributed by atoms with E-state index in [1.165, 1.54) is 22.7 Å². The van der Waals surface area contributed by atoms with E-state index >= 15 is 0 Å². The normalized spacial score (nSPS) is 11.0. The predicted octanol–water partition coefficient (Wildman–Crippen LogP) is 5.65. The molecule has 0 saturated heterocycles. The number of rotatable bonds is 2. The zero-order valence-corrected chi connectivity index (χ0v) is 17.6. The van der Waals surface area contributed by atoms with Crippen molar-refractivity contribution in [3.63, 3.8) is 0 Å². The van der Waals surface area contributed by atoms with Gasteiger partial charge in [-0.2, -0.15) is 0 Å². The minimum Gasteiger partial charge on any atom is -0.507 e. The summed E-state index contributed by atoms with van der Waals surface area (Å²) in [5.74, 6) is 0.437. The van der Waals surface area contributed by atoms with Crippen LogP contribution in [0.1, 0.15) is 0 Å². The number of thiazole rings is 2. The molecule has 2 aromatic heterocycles. The topological polar surface area (TPSA) is 66.2 Å². The zero-order chi connectivity index (χ0) is 17.7. The zero-order valence-electron chi connectivity index (χ0n) is 13.7. The number of nitrogens with zero attached hydrogens (tertiary/aromatic N) is 2. The minimum atomic E-state index is 0. The molecule has 0 spiro atoms. The molecule has 0 bridgehead atoms. The van der Waals surface area contributed by atoms with Gasteiger partial charge in [-0.1, -0.05) is 24.3 Å². The van der Waals surface area contributed by atoms with E-state index in [4.69, 9.17) is 9.97 Å². The summed E-state index contributed by atoms with van der Waals surface area (Å²) in [4.78, 5) is 9.48. The molecule has 136 valence electrons. The van der Waals surface area contributed by atoms with Crippen molar-refractivity contribution in [3.05, 3.63) is 60.7 Å². The SMILES string of the molecule is Oc1ccccc1-c1nc2c(ccc3sc(-c4ccccc4O)nc32)s1.[Pt]. The first-order valence-electron chi connectivity index (χ1n) is 7.97. The molecule has 0 aliphatic carbocycles. The molecule has 2 heterocycles. The second kappa shape index (κ2) is 7.04. The van der Waals surface area contributed by atoms with Crippen LogP contribution in [-0.2, 0) is 21.1 Å². The second-order valence-corrected chi connectivity index (χ2v) is 7.89. The Hall–Kier alpha value is -2.27. The van der Waals surface area contributed by atoms with Crippen LogP contribution in [0.5, 0.6) is 11.5 Å². The molecule has 0 aliphatic heterocycles. The largest absolute Gasteiger partial charge is 0.507 e. The van der Waals surface area contributed by atoms with E-state index in [0.29, 0.717) is 0 Å². The summed E-state index contributed by atoms with van der Waals surface area (Å²) in [5, 5.41) is 21.8. The summed E-state index contributed by atoms with van der Waals surface area (Å²) in [6.45, 7) is 0. The van der Waals surface area contributed by atoms with Crippen LogP contribution in [0.2, 0.25) is 0 Å². The molecule has 3 aromatic carbocycles. The predicted molar refractivity (Wildman–Crippen MR) is 107 cm³/mol. The van der Waals surface area contributed by atoms with Gasteiger partial charge in [0.2, 0.25) is 0 Å². The van der Waals surface area contributed by atoms with Gasteiger partial charge < -0.3 is 10.2 Å². The average molecular weight is 572 g/mol. The molecule has 0 amide bonds. The molecular formula is C20H12N2O2PtS2. The fraction of sp³-hybridized carbons (Fsp3) is 0. The van der Waals surface area contributed by atoms with Crippen molar-refractivity contribution in [2.75, 3.05) is 0 Å². The maximum Gasteiger partial charge on any atom is 0.128 e. The van der Waals surface area contributed by atoms with E-state index in [-0.39, 0.29) is 32.6 Å². The van der Waals surface area contributed by atoms with Crippen LogP contribution in [-0.4, -0.2) is 20.2 Å². The molecule has 0 fully saturated rings. The van der Waals surface area contributed by atoms with Gasteiger partial charge in [0.1, 0.15) is 32.5 Å².